The van der Waals surface area contributed by atoms with Gasteiger partial charge in [0.2, 0.25) is 5.91 Å². The average molecular weight is 354 g/mol. The summed E-state index contributed by atoms with van der Waals surface area (Å²) < 4.78 is 1.19. The van der Waals surface area contributed by atoms with Crippen molar-refractivity contribution in [2.45, 2.75) is 25.3 Å². The van der Waals surface area contributed by atoms with Gasteiger partial charge in [-0.25, -0.2) is 4.98 Å². The fourth-order valence-electron chi connectivity index (χ4n) is 3.12. The third kappa shape index (κ3) is 3.14. The first-order valence-electron chi connectivity index (χ1n) is 8.17. The van der Waals surface area contributed by atoms with Crippen molar-refractivity contribution in [2.75, 3.05) is 6.54 Å². The minimum absolute atomic E-state index is 0.0881. The second kappa shape index (κ2) is 6.87. The van der Waals surface area contributed by atoms with Gasteiger partial charge in [-0.2, -0.15) is 11.3 Å². The number of hydrogen-bond donors (Lipinski definition) is 0. The minimum Gasteiger partial charge on any atom is -0.330 e. The maximum absolute atomic E-state index is 12.7. The molecular formula is C19H18N2OS2. The number of thiophene rings is 1. The number of thiazole rings is 1. The van der Waals surface area contributed by atoms with Gasteiger partial charge in [-0.1, -0.05) is 12.1 Å². The first kappa shape index (κ1) is 15.5. The molecular weight excluding hydrogens is 336 g/mol. The highest BCUT2D eigenvalue weighted by Crippen LogP contribution is 2.35. The topological polar surface area (TPSA) is 33.2 Å². The largest absolute Gasteiger partial charge is 0.330 e. The molecule has 1 amide bonds. The molecule has 0 spiro atoms. The number of likely N-dealkylation sites (tertiary alicyclic amines) is 1. The Labute approximate surface area is 149 Å². The van der Waals surface area contributed by atoms with Gasteiger partial charge in [-0.3, -0.25) is 4.79 Å². The lowest BCUT2D eigenvalue weighted by molar-refractivity contribution is -0.129. The molecule has 1 aliphatic rings. The Hall–Kier alpha value is -1.98. The van der Waals surface area contributed by atoms with E-state index in [1.54, 1.807) is 28.7 Å². The standard InChI is InChI=1S/C19H18N2OS2/c22-18(9-8-14-10-12-23-13-14)21-11-4-3-6-16(21)19-20-15-5-1-2-7-17(15)24-19/h1-2,5,7-10,12-13,16H,3-4,6,11H2/b9-8+/t16-/m1/s1. The number of amides is 1. The monoisotopic (exact) mass is 354 g/mol. The number of rotatable bonds is 3. The Morgan fingerprint density at radius 3 is 3.00 bits per heavy atom. The normalized spacial score (nSPS) is 18.5. The van der Waals surface area contributed by atoms with E-state index in [0.29, 0.717) is 0 Å². The lowest BCUT2D eigenvalue weighted by Gasteiger charge is -2.33. The van der Waals surface area contributed by atoms with Crippen molar-refractivity contribution < 1.29 is 4.79 Å². The van der Waals surface area contributed by atoms with Crippen molar-refractivity contribution in [2.24, 2.45) is 0 Å². The van der Waals surface area contributed by atoms with Gasteiger partial charge >= 0.3 is 0 Å². The molecule has 0 bridgehead atoms. The molecule has 0 unspecified atom stereocenters. The lowest BCUT2D eigenvalue weighted by Crippen LogP contribution is -2.37. The molecule has 2 aromatic heterocycles. The van der Waals surface area contributed by atoms with Crippen LogP contribution in [0.3, 0.4) is 0 Å². The molecule has 0 saturated carbocycles. The number of nitrogens with zero attached hydrogens (tertiary/aromatic N) is 2. The number of carbonyl (C=O) groups excluding carboxylic acids is 1. The van der Waals surface area contributed by atoms with Crippen molar-refractivity contribution in [3.63, 3.8) is 0 Å². The van der Waals surface area contributed by atoms with E-state index in [1.165, 1.54) is 4.70 Å². The Bertz CT molecular complexity index is 834. The predicted octanol–water partition coefficient (Wildman–Crippen LogP) is 5.12. The molecule has 24 heavy (non-hydrogen) atoms. The molecule has 5 heteroatoms. The van der Waals surface area contributed by atoms with E-state index in [9.17, 15) is 4.79 Å². The van der Waals surface area contributed by atoms with E-state index in [4.69, 9.17) is 4.98 Å². The molecule has 1 atom stereocenters. The first-order valence-corrected chi connectivity index (χ1v) is 9.93. The summed E-state index contributed by atoms with van der Waals surface area (Å²) in [5.41, 5.74) is 2.12. The smallest absolute Gasteiger partial charge is 0.247 e. The second-order valence-electron chi connectivity index (χ2n) is 5.95. The Kier molecular flexibility index (Phi) is 4.45. The molecule has 4 rings (SSSR count). The summed E-state index contributed by atoms with van der Waals surface area (Å²) in [6.45, 7) is 0.813. The zero-order chi connectivity index (χ0) is 16.4. The lowest BCUT2D eigenvalue weighted by atomic mass is 10.0. The van der Waals surface area contributed by atoms with Gasteiger partial charge in [0.25, 0.3) is 0 Å². The van der Waals surface area contributed by atoms with Crippen LogP contribution in [0.1, 0.15) is 35.9 Å². The molecule has 0 N–H and O–H groups in total. The van der Waals surface area contributed by atoms with Gasteiger partial charge < -0.3 is 4.90 Å². The number of benzene rings is 1. The Morgan fingerprint density at radius 1 is 1.25 bits per heavy atom. The number of para-hydroxylation sites is 1. The molecule has 1 saturated heterocycles. The van der Waals surface area contributed by atoms with Crippen molar-refractivity contribution in [3.05, 3.63) is 57.7 Å². The van der Waals surface area contributed by atoms with E-state index in [2.05, 4.69) is 6.07 Å². The molecule has 1 aromatic carbocycles. The summed E-state index contributed by atoms with van der Waals surface area (Å²) in [5.74, 6) is 0.0881. The summed E-state index contributed by atoms with van der Waals surface area (Å²) in [6, 6.07) is 10.3. The minimum atomic E-state index is 0.0881. The molecule has 3 nitrogen and oxygen atoms in total. The van der Waals surface area contributed by atoms with Crippen LogP contribution in [0.25, 0.3) is 16.3 Å². The van der Waals surface area contributed by atoms with Gasteiger partial charge in [0, 0.05) is 12.6 Å². The highest BCUT2D eigenvalue weighted by molar-refractivity contribution is 7.18. The second-order valence-corrected chi connectivity index (χ2v) is 7.80. The van der Waals surface area contributed by atoms with Crippen LogP contribution in [0.4, 0.5) is 0 Å². The van der Waals surface area contributed by atoms with Crippen molar-refractivity contribution >= 4 is 44.9 Å². The summed E-state index contributed by atoms with van der Waals surface area (Å²) >= 11 is 3.36. The van der Waals surface area contributed by atoms with Gasteiger partial charge in [0.05, 0.1) is 16.3 Å². The summed E-state index contributed by atoms with van der Waals surface area (Å²) in [6.07, 6.45) is 6.83. The van der Waals surface area contributed by atoms with Gasteiger partial charge in [-0.15, -0.1) is 11.3 Å². The van der Waals surface area contributed by atoms with Crippen molar-refractivity contribution in [1.82, 2.24) is 9.88 Å². The number of aromatic nitrogens is 1. The summed E-state index contributed by atoms with van der Waals surface area (Å²) in [4.78, 5) is 19.5. The highest BCUT2D eigenvalue weighted by atomic mass is 32.1. The van der Waals surface area contributed by atoms with Crippen LogP contribution in [0.2, 0.25) is 0 Å². The van der Waals surface area contributed by atoms with Crippen molar-refractivity contribution in [3.8, 4) is 0 Å². The molecule has 0 aliphatic carbocycles. The number of carbonyl (C=O) groups is 1. The van der Waals surface area contributed by atoms with E-state index in [-0.39, 0.29) is 11.9 Å². The molecule has 122 valence electrons. The molecule has 1 fully saturated rings. The van der Waals surface area contributed by atoms with E-state index >= 15 is 0 Å². The molecule has 3 heterocycles. The predicted molar refractivity (Wildman–Crippen MR) is 101 cm³/mol. The van der Waals surface area contributed by atoms with E-state index in [0.717, 1.165) is 41.9 Å². The maximum Gasteiger partial charge on any atom is 0.247 e. The number of piperidine rings is 1. The van der Waals surface area contributed by atoms with Crippen LogP contribution in [0.5, 0.6) is 0 Å². The first-order chi connectivity index (χ1) is 11.8. The van der Waals surface area contributed by atoms with Gasteiger partial charge in [0.15, 0.2) is 0 Å². The maximum atomic E-state index is 12.7. The van der Waals surface area contributed by atoms with Crippen molar-refractivity contribution in [1.29, 1.82) is 0 Å². The zero-order valence-electron chi connectivity index (χ0n) is 13.2. The average Bonchev–Trinajstić information content (AvgIpc) is 3.29. The van der Waals surface area contributed by atoms with Crippen LogP contribution in [-0.4, -0.2) is 22.3 Å². The fourth-order valence-corrected chi connectivity index (χ4v) is 4.86. The third-order valence-electron chi connectivity index (χ3n) is 4.34. The Balaban J connectivity index is 1.59. The quantitative estimate of drug-likeness (QED) is 0.611. The number of hydrogen-bond acceptors (Lipinski definition) is 4. The third-order valence-corrected chi connectivity index (χ3v) is 6.18. The molecule has 1 aliphatic heterocycles. The molecule has 3 aromatic rings. The zero-order valence-corrected chi connectivity index (χ0v) is 14.9. The van der Waals surface area contributed by atoms with E-state index < -0.39 is 0 Å². The Morgan fingerprint density at radius 2 is 2.17 bits per heavy atom. The summed E-state index contributed by atoms with van der Waals surface area (Å²) in [5, 5.41) is 5.13. The molecule has 0 radical (unpaired) electrons. The van der Waals surface area contributed by atoms with Crippen LogP contribution in [0, 0.1) is 0 Å². The van der Waals surface area contributed by atoms with Crippen LogP contribution >= 0.6 is 22.7 Å². The van der Waals surface area contributed by atoms with Crippen LogP contribution in [0.15, 0.2) is 47.2 Å². The van der Waals surface area contributed by atoms with E-state index in [1.807, 2.05) is 46.0 Å². The van der Waals surface area contributed by atoms with Crippen LogP contribution < -0.4 is 0 Å². The number of fused-ring (bicyclic) bond motifs is 1. The van der Waals surface area contributed by atoms with Crippen LogP contribution in [-0.2, 0) is 4.79 Å². The highest BCUT2D eigenvalue weighted by Gasteiger charge is 2.29. The van der Waals surface area contributed by atoms with Gasteiger partial charge in [-0.05, 0) is 59.9 Å². The summed E-state index contributed by atoms with van der Waals surface area (Å²) in [7, 11) is 0. The van der Waals surface area contributed by atoms with Gasteiger partial charge in [0.1, 0.15) is 5.01 Å². The SMILES string of the molecule is O=C(/C=C/c1ccsc1)N1CCCC[C@@H]1c1nc2ccccc2s1. The fraction of sp³-hybridized carbons (Fsp3) is 0.263.